The van der Waals surface area contributed by atoms with Gasteiger partial charge in [0.05, 0.1) is 11.0 Å². The van der Waals surface area contributed by atoms with Gasteiger partial charge < -0.3 is 5.32 Å². The third-order valence-electron chi connectivity index (χ3n) is 2.53. The Hall–Kier alpha value is -2.41. The van der Waals surface area contributed by atoms with Crippen LogP contribution < -0.4 is 5.32 Å². The van der Waals surface area contributed by atoms with Crippen LogP contribution in [-0.2, 0) is 4.79 Å². The second kappa shape index (κ2) is 6.36. The van der Waals surface area contributed by atoms with Crippen LogP contribution in [0.5, 0.6) is 0 Å². The van der Waals surface area contributed by atoms with E-state index in [-0.39, 0.29) is 11.6 Å². The number of rotatable bonds is 4. The molecule has 0 bridgehead atoms. The number of halogens is 1. The van der Waals surface area contributed by atoms with E-state index in [1.54, 1.807) is 24.3 Å². The van der Waals surface area contributed by atoms with Gasteiger partial charge in [0.2, 0.25) is 5.91 Å². The summed E-state index contributed by atoms with van der Waals surface area (Å²) in [4.78, 5) is 21.9. The lowest BCUT2D eigenvalue weighted by atomic mass is 10.3. The van der Waals surface area contributed by atoms with Gasteiger partial charge >= 0.3 is 0 Å². The zero-order chi connectivity index (χ0) is 15.4. The zero-order valence-electron chi connectivity index (χ0n) is 11.0. The highest BCUT2D eigenvalue weighted by molar-refractivity contribution is 7.99. The zero-order valence-corrected chi connectivity index (χ0v) is 11.8. The van der Waals surface area contributed by atoms with Crippen molar-refractivity contribution in [3.63, 3.8) is 0 Å². The summed E-state index contributed by atoms with van der Waals surface area (Å²) in [6.07, 6.45) is 0. The van der Waals surface area contributed by atoms with E-state index in [4.69, 9.17) is 0 Å². The molecule has 5 nitrogen and oxygen atoms in total. The molecule has 0 heterocycles. The molecular formula is C14H11FN2O3S. The number of carbonyl (C=O) groups is 1. The minimum atomic E-state index is -0.639. The SMILES string of the molecule is CC(=O)Nc1ccc(Sc2ccc([N+](=O)[O-])cc2F)cc1. The highest BCUT2D eigenvalue weighted by Gasteiger charge is 2.11. The van der Waals surface area contributed by atoms with Gasteiger partial charge in [0, 0.05) is 28.5 Å². The first kappa shape index (κ1) is 15.0. The smallest absolute Gasteiger partial charge is 0.272 e. The molecule has 0 spiro atoms. The molecule has 0 atom stereocenters. The van der Waals surface area contributed by atoms with Crippen LogP contribution in [0.3, 0.4) is 0 Å². The van der Waals surface area contributed by atoms with Gasteiger partial charge in [-0.2, -0.15) is 0 Å². The van der Waals surface area contributed by atoms with Crippen LogP contribution in [0.1, 0.15) is 6.92 Å². The quantitative estimate of drug-likeness (QED) is 0.688. The Morgan fingerprint density at radius 3 is 2.43 bits per heavy atom. The molecule has 21 heavy (non-hydrogen) atoms. The monoisotopic (exact) mass is 306 g/mol. The van der Waals surface area contributed by atoms with Crippen LogP contribution in [0.4, 0.5) is 15.8 Å². The van der Waals surface area contributed by atoms with Crippen LogP contribution in [0, 0.1) is 15.9 Å². The maximum absolute atomic E-state index is 13.8. The number of nitrogens with one attached hydrogen (secondary N) is 1. The molecule has 1 amide bonds. The molecule has 0 unspecified atom stereocenters. The van der Waals surface area contributed by atoms with Crippen molar-refractivity contribution >= 4 is 29.0 Å². The van der Waals surface area contributed by atoms with Crippen molar-refractivity contribution in [2.45, 2.75) is 16.7 Å². The van der Waals surface area contributed by atoms with E-state index >= 15 is 0 Å². The van der Waals surface area contributed by atoms with Gasteiger partial charge in [-0.3, -0.25) is 14.9 Å². The minimum absolute atomic E-state index is 0.170. The first-order valence-corrected chi connectivity index (χ1v) is 6.77. The summed E-state index contributed by atoms with van der Waals surface area (Å²) in [5, 5.41) is 13.2. The van der Waals surface area contributed by atoms with E-state index in [0.717, 1.165) is 22.7 Å². The Balaban J connectivity index is 2.14. The third kappa shape index (κ3) is 4.03. The number of nitro benzene ring substituents is 1. The molecule has 0 aliphatic carbocycles. The van der Waals surface area contributed by atoms with Crippen LogP contribution in [0.25, 0.3) is 0 Å². The topological polar surface area (TPSA) is 72.2 Å². The molecule has 0 aromatic heterocycles. The number of hydrogen-bond donors (Lipinski definition) is 1. The minimum Gasteiger partial charge on any atom is -0.326 e. The first-order valence-electron chi connectivity index (χ1n) is 5.95. The fraction of sp³-hybridized carbons (Fsp3) is 0.0714. The summed E-state index contributed by atoms with van der Waals surface area (Å²) in [5.41, 5.74) is 0.369. The summed E-state index contributed by atoms with van der Waals surface area (Å²) >= 11 is 1.15. The Bertz CT molecular complexity index is 689. The molecule has 1 N–H and O–H groups in total. The maximum Gasteiger partial charge on any atom is 0.272 e. The van der Waals surface area contributed by atoms with Gasteiger partial charge in [-0.1, -0.05) is 11.8 Å². The van der Waals surface area contributed by atoms with E-state index in [1.807, 2.05) is 0 Å². The maximum atomic E-state index is 13.8. The normalized spacial score (nSPS) is 10.2. The Morgan fingerprint density at radius 1 is 1.24 bits per heavy atom. The van der Waals surface area contributed by atoms with Gasteiger partial charge in [0.25, 0.3) is 5.69 Å². The van der Waals surface area contributed by atoms with Crippen molar-refractivity contribution in [3.8, 4) is 0 Å². The number of benzene rings is 2. The van der Waals surface area contributed by atoms with E-state index < -0.39 is 10.7 Å². The fourth-order valence-electron chi connectivity index (χ4n) is 1.62. The van der Waals surface area contributed by atoms with Crippen LogP contribution in [0.15, 0.2) is 52.3 Å². The molecule has 0 radical (unpaired) electrons. The molecule has 0 fully saturated rings. The summed E-state index contributed by atoms with van der Waals surface area (Å²) in [6.45, 7) is 1.41. The summed E-state index contributed by atoms with van der Waals surface area (Å²) in [7, 11) is 0. The van der Waals surface area contributed by atoms with E-state index in [1.165, 1.54) is 19.1 Å². The molecule has 2 rings (SSSR count). The summed E-state index contributed by atoms with van der Waals surface area (Å²) < 4.78 is 13.8. The lowest BCUT2D eigenvalue weighted by Crippen LogP contribution is -2.05. The van der Waals surface area contributed by atoms with Crippen molar-refractivity contribution in [1.29, 1.82) is 0 Å². The Kier molecular flexibility index (Phi) is 4.54. The molecule has 2 aromatic rings. The summed E-state index contributed by atoms with van der Waals surface area (Å²) in [6, 6.07) is 10.4. The lowest BCUT2D eigenvalue weighted by Gasteiger charge is -2.05. The van der Waals surface area contributed by atoms with Crippen LogP contribution in [0.2, 0.25) is 0 Å². The van der Waals surface area contributed by atoms with Gasteiger partial charge in [-0.05, 0) is 30.3 Å². The van der Waals surface area contributed by atoms with Crippen molar-refractivity contribution in [1.82, 2.24) is 0 Å². The number of non-ortho nitro benzene ring substituents is 1. The number of nitrogens with zero attached hydrogens (tertiary/aromatic N) is 1. The number of carbonyl (C=O) groups excluding carboxylic acids is 1. The van der Waals surface area contributed by atoms with Crippen LogP contribution >= 0.6 is 11.8 Å². The average molecular weight is 306 g/mol. The molecule has 0 aliphatic rings. The van der Waals surface area contributed by atoms with E-state index in [9.17, 15) is 19.3 Å². The number of hydrogen-bond acceptors (Lipinski definition) is 4. The van der Waals surface area contributed by atoms with Gasteiger partial charge in [-0.25, -0.2) is 4.39 Å². The van der Waals surface area contributed by atoms with E-state index in [2.05, 4.69) is 5.32 Å². The number of anilines is 1. The molecular weight excluding hydrogens is 295 g/mol. The summed E-state index contributed by atoms with van der Waals surface area (Å²) in [5.74, 6) is -0.808. The third-order valence-corrected chi connectivity index (χ3v) is 3.59. The van der Waals surface area contributed by atoms with Gasteiger partial charge in [-0.15, -0.1) is 0 Å². The molecule has 0 aliphatic heterocycles. The lowest BCUT2D eigenvalue weighted by molar-refractivity contribution is -0.385. The highest BCUT2D eigenvalue weighted by atomic mass is 32.2. The second-order valence-electron chi connectivity index (χ2n) is 4.18. The van der Waals surface area contributed by atoms with Gasteiger partial charge in [0.1, 0.15) is 5.82 Å². The van der Waals surface area contributed by atoms with Crippen molar-refractivity contribution in [2.24, 2.45) is 0 Å². The van der Waals surface area contributed by atoms with Crippen molar-refractivity contribution in [3.05, 3.63) is 58.4 Å². The highest BCUT2D eigenvalue weighted by Crippen LogP contribution is 2.32. The number of nitro groups is 1. The van der Waals surface area contributed by atoms with Crippen molar-refractivity contribution < 1.29 is 14.1 Å². The molecule has 108 valence electrons. The predicted octanol–water partition coefficient (Wildman–Crippen LogP) is 3.84. The van der Waals surface area contributed by atoms with Crippen LogP contribution in [-0.4, -0.2) is 10.8 Å². The molecule has 0 saturated carbocycles. The average Bonchev–Trinajstić information content (AvgIpc) is 2.42. The number of amides is 1. The molecule has 2 aromatic carbocycles. The largest absolute Gasteiger partial charge is 0.326 e. The van der Waals surface area contributed by atoms with Gasteiger partial charge in [0.15, 0.2) is 0 Å². The van der Waals surface area contributed by atoms with Crippen molar-refractivity contribution in [2.75, 3.05) is 5.32 Å². The molecule has 7 heteroatoms. The Morgan fingerprint density at radius 2 is 1.90 bits per heavy atom. The Labute approximate surface area is 124 Å². The fourth-order valence-corrected chi connectivity index (χ4v) is 2.44. The second-order valence-corrected chi connectivity index (χ2v) is 5.29. The predicted molar refractivity (Wildman–Crippen MR) is 77.9 cm³/mol. The first-order chi connectivity index (χ1) is 9.95. The molecule has 0 saturated heterocycles. The van der Waals surface area contributed by atoms with E-state index in [0.29, 0.717) is 10.6 Å². The standard InChI is InChI=1S/C14H11FN2O3S/c1-9(18)16-10-2-5-12(6-3-10)21-14-7-4-11(17(19)20)8-13(14)15/h2-8H,1H3,(H,16,18).